The van der Waals surface area contributed by atoms with Crippen LogP contribution in [0.4, 0.5) is 4.79 Å². The van der Waals surface area contributed by atoms with Crippen LogP contribution in [0.5, 0.6) is 0 Å². The van der Waals surface area contributed by atoms with Gasteiger partial charge in [0.2, 0.25) is 12.3 Å². The molecule has 9 heteroatoms. The summed E-state index contributed by atoms with van der Waals surface area (Å²) in [4.78, 5) is 37.5. The number of urea groups is 1. The molecule has 0 unspecified atom stereocenters. The maximum atomic E-state index is 11.5. The van der Waals surface area contributed by atoms with E-state index >= 15 is 0 Å². The molecule has 0 fully saturated rings. The third-order valence-corrected chi connectivity index (χ3v) is 2.48. The van der Waals surface area contributed by atoms with Gasteiger partial charge in [0.1, 0.15) is 0 Å². The van der Waals surface area contributed by atoms with E-state index in [4.69, 9.17) is 5.11 Å². The van der Waals surface area contributed by atoms with Crippen LogP contribution in [-0.4, -0.2) is 39.7 Å². The first-order chi connectivity index (χ1) is 9.31. The SMILES string of the molecule is CC(C)(CC(=O)NC(=O)NCCc1ncon1)C(=O)O. The molecule has 0 aromatic carbocycles. The zero-order chi connectivity index (χ0) is 15.2. The Hall–Kier alpha value is -2.45. The van der Waals surface area contributed by atoms with Gasteiger partial charge < -0.3 is 14.9 Å². The van der Waals surface area contributed by atoms with Crippen LogP contribution in [0.2, 0.25) is 0 Å². The summed E-state index contributed by atoms with van der Waals surface area (Å²) < 4.78 is 4.51. The second-order valence-corrected chi connectivity index (χ2v) is 4.77. The fourth-order valence-corrected chi connectivity index (χ4v) is 1.28. The van der Waals surface area contributed by atoms with Crippen molar-refractivity contribution in [3.8, 4) is 0 Å². The quantitative estimate of drug-likeness (QED) is 0.666. The molecular weight excluding hydrogens is 268 g/mol. The standard InChI is InChI=1S/C11H16N4O5/c1-11(2,9(17)18)5-8(16)14-10(19)12-4-3-7-13-6-20-15-7/h6H,3-5H2,1-2H3,(H,17,18)(H2,12,14,16,19). The molecule has 0 spiro atoms. The monoisotopic (exact) mass is 284 g/mol. The molecule has 0 saturated carbocycles. The highest BCUT2D eigenvalue weighted by Gasteiger charge is 2.30. The fourth-order valence-electron chi connectivity index (χ4n) is 1.28. The highest BCUT2D eigenvalue weighted by molar-refractivity contribution is 5.96. The number of carboxylic acid groups (broad SMARTS) is 1. The number of rotatable bonds is 6. The minimum atomic E-state index is -1.23. The number of carbonyl (C=O) groups excluding carboxylic acids is 2. The van der Waals surface area contributed by atoms with E-state index in [0.29, 0.717) is 12.2 Å². The zero-order valence-electron chi connectivity index (χ0n) is 11.2. The smallest absolute Gasteiger partial charge is 0.321 e. The minimum Gasteiger partial charge on any atom is -0.481 e. The van der Waals surface area contributed by atoms with Crippen LogP contribution in [0.1, 0.15) is 26.1 Å². The summed E-state index contributed by atoms with van der Waals surface area (Å²) in [7, 11) is 0. The van der Waals surface area contributed by atoms with Gasteiger partial charge >= 0.3 is 12.0 Å². The molecular formula is C11H16N4O5. The second kappa shape index (κ2) is 6.64. The molecule has 0 bridgehead atoms. The summed E-state index contributed by atoms with van der Waals surface area (Å²) in [5, 5.41) is 16.9. The Balaban J connectivity index is 2.28. The van der Waals surface area contributed by atoms with Crippen molar-refractivity contribution < 1.29 is 24.0 Å². The summed E-state index contributed by atoms with van der Waals surface area (Å²) in [5.74, 6) is -1.33. The largest absolute Gasteiger partial charge is 0.481 e. The Morgan fingerprint density at radius 1 is 1.40 bits per heavy atom. The van der Waals surface area contributed by atoms with Crippen LogP contribution < -0.4 is 10.6 Å². The van der Waals surface area contributed by atoms with E-state index in [0.717, 1.165) is 0 Å². The first-order valence-corrected chi connectivity index (χ1v) is 5.87. The lowest BCUT2D eigenvalue weighted by atomic mass is 9.89. The molecule has 1 heterocycles. The lowest BCUT2D eigenvalue weighted by molar-refractivity contribution is -0.149. The molecule has 0 atom stereocenters. The number of aliphatic carboxylic acids is 1. The highest BCUT2D eigenvalue weighted by Crippen LogP contribution is 2.19. The summed E-state index contributed by atoms with van der Waals surface area (Å²) in [6.45, 7) is 3.03. The molecule has 110 valence electrons. The van der Waals surface area contributed by atoms with Gasteiger partial charge in [-0.05, 0) is 13.8 Å². The molecule has 0 radical (unpaired) electrons. The summed E-state index contributed by atoms with van der Waals surface area (Å²) >= 11 is 0. The Labute approximate surface area is 114 Å². The van der Waals surface area contributed by atoms with Gasteiger partial charge in [-0.1, -0.05) is 5.16 Å². The number of amides is 3. The van der Waals surface area contributed by atoms with Gasteiger partial charge in [0.05, 0.1) is 5.41 Å². The van der Waals surface area contributed by atoms with Crippen molar-refractivity contribution in [2.24, 2.45) is 5.41 Å². The molecule has 9 nitrogen and oxygen atoms in total. The molecule has 3 N–H and O–H groups in total. The minimum absolute atomic E-state index is 0.223. The van der Waals surface area contributed by atoms with Crippen molar-refractivity contribution in [2.75, 3.05) is 6.54 Å². The third-order valence-electron chi connectivity index (χ3n) is 2.48. The first kappa shape index (κ1) is 15.6. The van der Waals surface area contributed by atoms with Crippen LogP contribution in [0.15, 0.2) is 10.9 Å². The van der Waals surface area contributed by atoms with Crippen molar-refractivity contribution in [1.82, 2.24) is 20.8 Å². The first-order valence-electron chi connectivity index (χ1n) is 5.87. The maximum absolute atomic E-state index is 11.5. The van der Waals surface area contributed by atoms with Crippen LogP contribution in [-0.2, 0) is 16.0 Å². The normalized spacial score (nSPS) is 10.9. The van der Waals surface area contributed by atoms with E-state index in [9.17, 15) is 14.4 Å². The van der Waals surface area contributed by atoms with E-state index in [1.54, 1.807) is 0 Å². The van der Waals surface area contributed by atoms with Crippen molar-refractivity contribution in [2.45, 2.75) is 26.7 Å². The molecule has 1 aromatic rings. The lowest BCUT2D eigenvalue weighted by Gasteiger charge is -2.17. The van der Waals surface area contributed by atoms with Crippen LogP contribution >= 0.6 is 0 Å². The average Bonchev–Trinajstić information content (AvgIpc) is 2.80. The number of hydrogen-bond donors (Lipinski definition) is 3. The zero-order valence-corrected chi connectivity index (χ0v) is 11.2. The van der Waals surface area contributed by atoms with Crippen molar-refractivity contribution in [3.63, 3.8) is 0 Å². The molecule has 1 rings (SSSR count). The lowest BCUT2D eigenvalue weighted by Crippen LogP contribution is -2.42. The predicted molar refractivity (Wildman–Crippen MR) is 65.6 cm³/mol. The fraction of sp³-hybridized carbons (Fsp3) is 0.545. The third kappa shape index (κ3) is 5.04. The van der Waals surface area contributed by atoms with E-state index < -0.39 is 23.3 Å². The Kier molecular flexibility index (Phi) is 5.18. The number of carboxylic acids is 1. The number of aromatic nitrogens is 2. The van der Waals surface area contributed by atoms with Crippen molar-refractivity contribution >= 4 is 17.9 Å². The average molecular weight is 284 g/mol. The molecule has 3 amide bonds. The summed E-state index contributed by atoms with van der Waals surface area (Å²) in [6.07, 6.45) is 1.24. The molecule has 0 aliphatic carbocycles. The summed E-state index contributed by atoms with van der Waals surface area (Å²) in [5.41, 5.74) is -1.23. The number of carbonyl (C=O) groups is 3. The molecule has 1 aromatic heterocycles. The Morgan fingerprint density at radius 3 is 2.65 bits per heavy atom. The van der Waals surface area contributed by atoms with Gasteiger partial charge in [0.25, 0.3) is 0 Å². The van der Waals surface area contributed by atoms with Crippen LogP contribution in [0, 0.1) is 5.41 Å². The molecule has 0 saturated heterocycles. The van der Waals surface area contributed by atoms with Gasteiger partial charge in [0.15, 0.2) is 5.82 Å². The Bertz CT molecular complexity index is 483. The Morgan fingerprint density at radius 2 is 2.10 bits per heavy atom. The van der Waals surface area contributed by atoms with Crippen LogP contribution in [0.25, 0.3) is 0 Å². The van der Waals surface area contributed by atoms with Gasteiger partial charge in [-0.15, -0.1) is 0 Å². The molecule has 0 aliphatic heterocycles. The summed E-state index contributed by atoms with van der Waals surface area (Å²) in [6, 6.07) is -0.695. The number of nitrogens with zero attached hydrogens (tertiary/aromatic N) is 2. The number of nitrogens with one attached hydrogen (secondary N) is 2. The van der Waals surface area contributed by atoms with E-state index in [1.807, 2.05) is 0 Å². The topological polar surface area (TPSA) is 134 Å². The molecule has 20 heavy (non-hydrogen) atoms. The van der Waals surface area contributed by atoms with Gasteiger partial charge in [-0.2, -0.15) is 4.98 Å². The van der Waals surface area contributed by atoms with Crippen LogP contribution in [0.3, 0.4) is 0 Å². The number of imide groups is 1. The maximum Gasteiger partial charge on any atom is 0.321 e. The second-order valence-electron chi connectivity index (χ2n) is 4.77. The predicted octanol–water partition coefficient (Wildman–Crippen LogP) is -0.0612. The highest BCUT2D eigenvalue weighted by atomic mass is 16.5. The van der Waals surface area contributed by atoms with Gasteiger partial charge in [-0.3, -0.25) is 14.9 Å². The van der Waals surface area contributed by atoms with E-state index in [1.165, 1.54) is 20.2 Å². The molecule has 0 aliphatic rings. The van der Waals surface area contributed by atoms with Gasteiger partial charge in [-0.25, -0.2) is 4.79 Å². The van der Waals surface area contributed by atoms with Gasteiger partial charge in [0, 0.05) is 19.4 Å². The van der Waals surface area contributed by atoms with E-state index in [-0.39, 0.29) is 13.0 Å². The van der Waals surface area contributed by atoms with E-state index in [2.05, 4.69) is 25.3 Å². The van der Waals surface area contributed by atoms with Crippen molar-refractivity contribution in [1.29, 1.82) is 0 Å². The number of hydrogen-bond acceptors (Lipinski definition) is 6. The van der Waals surface area contributed by atoms with Crippen molar-refractivity contribution in [3.05, 3.63) is 12.2 Å².